The molecule has 7 heteroatoms. The van der Waals surface area contributed by atoms with Crippen LogP contribution >= 0.6 is 23.4 Å². The van der Waals surface area contributed by atoms with Crippen molar-refractivity contribution in [2.45, 2.75) is 25.7 Å². The van der Waals surface area contributed by atoms with Crippen LogP contribution in [0.1, 0.15) is 25.2 Å². The molecule has 0 bridgehead atoms. The van der Waals surface area contributed by atoms with E-state index in [1.165, 1.54) is 16.7 Å². The van der Waals surface area contributed by atoms with E-state index in [9.17, 15) is 9.59 Å². The van der Waals surface area contributed by atoms with E-state index in [0.29, 0.717) is 38.3 Å². The average molecular weight is 454 g/mol. The van der Waals surface area contributed by atoms with Crippen molar-refractivity contribution in [1.82, 2.24) is 0 Å². The Morgan fingerprint density at radius 3 is 2.32 bits per heavy atom. The lowest BCUT2D eigenvalue weighted by molar-refractivity contribution is -0.119. The molecule has 2 heterocycles. The Morgan fingerprint density at radius 1 is 1.00 bits per heavy atom. The Bertz CT molecular complexity index is 1120. The first kappa shape index (κ1) is 21.3. The summed E-state index contributed by atoms with van der Waals surface area (Å²) >= 11 is 7.30. The Hall–Kier alpha value is -2.96. The second-order valence-electron chi connectivity index (χ2n) is 7.19. The molecule has 31 heavy (non-hydrogen) atoms. The van der Waals surface area contributed by atoms with E-state index < -0.39 is 0 Å². The highest BCUT2D eigenvalue weighted by Crippen LogP contribution is 2.40. The summed E-state index contributed by atoms with van der Waals surface area (Å²) in [6.45, 7) is 3.87. The van der Waals surface area contributed by atoms with Gasteiger partial charge in [-0.3, -0.25) is 9.59 Å². The fraction of sp³-hybridized carbons (Fsp3) is 0.167. The second kappa shape index (κ2) is 9.04. The Morgan fingerprint density at radius 2 is 1.71 bits per heavy atom. The number of rotatable bonds is 7. The van der Waals surface area contributed by atoms with Crippen molar-refractivity contribution in [1.29, 1.82) is 0 Å². The standard InChI is InChI=1S/C24H20ClNO4S/c1-15(2)30-19-11-9-18(10-12-19)26-23(27)21(16-5-7-17(25)8-6-16)22(24(26)28)31-14-20-4-3-13-29-20/h3-13,15H,14H2,1-2H3. The highest BCUT2D eigenvalue weighted by Gasteiger charge is 2.40. The average Bonchev–Trinajstić information content (AvgIpc) is 3.34. The molecule has 0 spiro atoms. The van der Waals surface area contributed by atoms with Crippen LogP contribution in [0.15, 0.2) is 76.2 Å². The van der Waals surface area contributed by atoms with Crippen LogP contribution in [0.4, 0.5) is 5.69 Å². The van der Waals surface area contributed by atoms with Crippen LogP contribution in [0.2, 0.25) is 5.02 Å². The summed E-state index contributed by atoms with van der Waals surface area (Å²) < 4.78 is 11.0. The number of carbonyl (C=O) groups is 2. The first-order valence-electron chi connectivity index (χ1n) is 9.75. The summed E-state index contributed by atoms with van der Waals surface area (Å²) in [7, 11) is 0. The molecular weight excluding hydrogens is 434 g/mol. The van der Waals surface area contributed by atoms with Crippen molar-refractivity contribution in [3.63, 3.8) is 0 Å². The number of hydrogen-bond acceptors (Lipinski definition) is 5. The van der Waals surface area contributed by atoms with E-state index in [0.717, 1.165) is 5.76 Å². The first-order chi connectivity index (χ1) is 14.9. The number of amides is 2. The summed E-state index contributed by atoms with van der Waals surface area (Å²) in [6, 6.07) is 17.5. The highest BCUT2D eigenvalue weighted by molar-refractivity contribution is 8.03. The lowest BCUT2D eigenvalue weighted by atomic mass is 10.1. The normalized spacial score (nSPS) is 14.1. The predicted octanol–water partition coefficient (Wildman–Crippen LogP) is 5.94. The van der Waals surface area contributed by atoms with Crippen molar-refractivity contribution < 1.29 is 18.7 Å². The van der Waals surface area contributed by atoms with Gasteiger partial charge in [-0.1, -0.05) is 23.7 Å². The zero-order chi connectivity index (χ0) is 22.0. The van der Waals surface area contributed by atoms with Crippen LogP contribution in [0.5, 0.6) is 5.75 Å². The SMILES string of the molecule is CC(C)Oc1ccc(N2C(=O)C(SCc3ccco3)=C(c3ccc(Cl)cc3)C2=O)cc1. The predicted molar refractivity (Wildman–Crippen MR) is 123 cm³/mol. The summed E-state index contributed by atoms with van der Waals surface area (Å²) in [6.07, 6.45) is 1.61. The fourth-order valence-electron chi connectivity index (χ4n) is 3.23. The Balaban J connectivity index is 1.68. The van der Waals surface area contributed by atoms with Gasteiger partial charge in [-0.05, 0) is 67.9 Å². The maximum Gasteiger partial charge on any atom is 0.272 e. The molecule has 1 aromatic heterocycles. The molecule has 2 aromatic carbocycles. The molecule has 1 aliphatic rings. The van der Waals surface area contributed by atoms with E-state index in [2.05, 4.69) is 0 Å². The topological polar surface area (TPSA) is 59.8 Å². The number of thioether (sulfide) groups is 1. The minimum atomic E-state index is -0.369. The van der Waals surface area contributed by atoms with E-state index in [-0.39, 0.29) is 17.9 Å². The number of nitrogens with zero attached hydrogens (tertiary/aromatic N) is 1. The molecule has 0 unspecified atom stereocenters. The van der Waals surface area contributed by atoms with Crippen molar-refractivity contribution in [3.05, 3.63) is 88.2 Å². The van der Waals surface area contributed by atoms with Gasteiger partial charge in [0.1, 0.15) is 11.5 Å². The number of benzene rings is 2. The molecule has 0 saturated carbocycles. The maximum absolute atomic E-state index is 13.4. The van der Waals surface area contributed by atoms with Crippen molar-refractivity contribution in [3.8, 4) is 5.75 Å². The van der Waals surface area contributed by atoms with Crippen LogP contribution in [-0.4, -0.2) is 17.9 Å². The number of anilines is 1. The molecule has 1 aliphatic heterocycles. The van der Waals surface area contributed by atoms with Gasteiger partial charge >= 0.3 is 0 Å². The third-order valence-corrected chi connectivity index (χ3v) is 5.93. The third kappa shape index (κ3) is 4.55. The van der Waals surface area contributed by atoms with Crippen LogP contribution in [-0.2, 0) is 15.3 Å². The molecule has 0 atom stereocenters. The van der Waals surface area contributed by atoms with Crippen molar-refractivity contribution in [2.75, 3.05) is 4.90 Å². The lowest BCUT2D eigenvalue weighted by Crippen LogP contribution is -2.31. The number of hydrogen-bond donors (Lipinski definition) is 0. The van der Waals surface area contributed by atoms with Crippen molar-refractivity contribution >= 4 is 46.4 Å². The summed E-state index contributed by atoms with van der Waals surface area (Å²) in [5.74, 6) is 1.11. The van der Waals surface area contributed by atoms with Gasteiger partial charge in [0.15, 0.2) is 0 Å². The van der Waals surface area contributed by atoms with Gasteiger partial charge < -0.3 is 9.15 Å². The molecule has 0 aliphatic carbocycles. The van der Waals surface area contributed by atoms with Crippen LogP contribution in [0.3, 0.4) is 0 Å². The number of imide groups is 1. The molecule has 0 saturated heterocycles. The quantitative estimate of drug-likeness (QED) is 0.414. The lowest BCUT2D eigenvalue weighted by Gasteiger charge is -2.16. The molecule has 5 nitrogen and oxygen atoms in total. The maximum atomic E-state index is 13.4. The van der Waals surface area contributed by atoms with Crippen LogP contribution in [0.25, 0.3) is 5.57 Å². The van der Waals surface area contributed by atoms with E-state index in [1.54, 1.807) is 60.9 Å². The van der Waals surface area contributed by atoms with Gasteiger partial charge in [-0.2, -0.15) is 0 Å². The molecule has 0 radical (unpaired) electrons. The molecule has 4 rings (SSSR count). The van der Waals surface area contributed by atoms with Gasteiger partial charge in [0, 0.05) is 5.02 Å². The smallest absolute Gasteiger partial charge is 0.272 e. The zero-order valence-electron chi connectivity index (χ0n) is 17.0. The Kier molecular flexibility index (Phi) is 6.20. The fourth-order valence-corrected chi connectivity index (χ4v) is 4.37. The molecule has 0 fully saturated rings. The molecule has 3 aromatic rings. The van der Waals surface area contributed by atoms with Crippen molar-refractivity contribution in [2.24, 2.45) is 0 Å². The first-order valence-corrected chi connectivity index (χ1v) is 11.1. The highest BCUT2D eigenvalue weighted by atomic mass is 35.5. The number of furan rings is 1. The van der Waals surface area contributed by atoms with E-state index in [1.807, 2.05) is 19.9 Å². The zero-order valence-corrected chi connectivity index (χ0v) is 18.6. The van der Waals surface area contributed by atoms with Gasteiger partial charge in [-0.15, -0.1) is 11.8 Å². The number of carbonyl (C=O) groups excluding carboxylic acids is 2. The van der Waals surface area contributed by atoms with Gasteiger partial charge in [0.2, 0.25) is 0 Å². The third-order valence-electron chi connectivity index (χ3n) is 4.58. The Labute approximate surface area is 189 Å². The molecule has 2 amide bonds. The largest absolute Gasteiger partial charge is 0.491 e. The van der Waals surface area contributed by atoms with Crippen LogP contribution in [0, 0.1) is 0 Å². The van der Waals surface area contributed by atoms with Gasteiger partial charge in [-0.25, -0.2) is 4.90 Å². The van der Waals surface area contributed by atoms with E-state index >= 15 is 0 Å². The summed E-state index contributed by atoms with van der Waals surface area (Å²) in [4.78, 5) is 28.3. The number of ether oxygens (including phenoxy) is 1. The minimum absolute atomic E-state index is 0.0312. The van der Waals surface area contributed by atoms with Crippen LogP contribution < -0.4 is 9.64 Å². The summed E-state index contributed by atoms with van der Waals surface area (Å²) in [5, 5.41) is 0.559. The molecular formula is C24H20ClNO4S. The number of halogens is 1. The monoisotopic (exact) mass is 453 g/mol. The van der Waals surface area contributed by atoms with Gasteiger partial charge in [0.05, 0.1) is 34.3 Å². The van der Waals surface area contributed by atoms with Gasteiger partial charge in [0.25, 0.3) is 11.8 Å². The molecule has 158 valence electrons. The minimum Gasteiger partial charge on any atom is -0.491 e. The van der Waals surface area contributed by atoms with E-state index in [4.69, 9.17) is 20.8 Å². The summed E-state index contributed by atoms with van der Waals surface area (Å²) in [5.41, 5.74) is 1.50. The molecule has 0 N–H and O–H groups in total. The second-order valence-corrected chi connectivity index (χ2v) is 8.61.